The highest BCUT2D eigenvalue weighted by Gasteiger charge is 2.19. The first-order valence-electron chi connectivity index (χ1n) is 7.83. The number of thiocarbonyl (C=S) groups is 1. The normalized spacial score (nSPS) is 16.0. The molecule has 1 fully saturated rings. The van der Waals surface area contributed by atoms with E-state index < -0.39 is 0 Å². The lowest BCUT2D eigenvalue weighted by molar-refractivity contribution is 0.173. The van der Waals surface area contributed by atoms with Crippen molar-refractivity contribution in [2.45, 2.75) is 19.9 Å². The average Bonchev–Trinajstić information content (AvgIpc) is 2.84. The van der Waals surface area contributed by atoms with Gasteiger partial charge in [-0.15, -0.1) is 0 Å². The molecule has 1 aliphatic rings. The smallest absolute Gasteiger partial charge is 0.169 e. The summed E-state index contributed by atoms with van der Waals surface area (Å²) in [6, 6.07) is 0. The van der Waals surface area contributed by atoms with Gasteiger partial charge in [-0.1, -0.05) is 0 Å². The van der Waals surface area contributed by atoms with E-state index in [0.717, 1.165) is 57.4 Å². The highest BCUT2D eigenvalue weighted by Crippen LogP contribution is 2.11. The van der Waals surface area contributed by atoms with E-state index in [2.05, 4.69) is 27.1 Å². The van der Waals surface area contributed by atoms with Crippen LogP contribution < -0.4 is 5.32 Å². The molecule has 6 nitrogen and oxygen atoms in total. The lowest BCUT2D eigenvalue weighted by Gasteiger charge is -2.36. The van der Waals surface area contributed by atoms with Gasteiger partial charge in [0.05, 0.1) is 6.20 Å². The van der Waals surface area contributed by atoms with Crippen LogP contribution in [-0.2, 0) is 18.3 Å². The lowest BCUT2D eigenvalue weighted by atomic mass is 10.2. The van der Waals surface area contributed by atoms with Gasteiger partial charge in [-0.3, -0.25) is 9.58 Å². The molecular weight excluding hydrogens is 298 g/mol. The van der Waals surface area contributed by atoms with Crippen LogP contribution in [0.25, 0.3) is 0 Å². The molecule has 22 heavy (non-hydrogen) atoms. The van der Waals surface area contributed by atoms with Crippen LogP contribution in [0.15, 0.2) is 6.20 Å². The molecule has 1 aromatic rings. The molecule has 0 unspecified atom stereocenters. The zero-order valence-corrected chi connectivity index (χ0v) is 14.7. The largest absolute Gasteiger partial charge is 0.385 e. The van der Waals surface area contributed by atoms with Gasteiger partial charge < -0.3 is 15.0 Å². The summed E-state index contributed by atoms with van der Waals surface area (Å²) >= 11 is 5.46. The van der Waals surface area contributed by atoms with Crippen molar-refractivity contribution in [2.24, 2.45) is 7.05 Å². The number of rotatable bonds is 6. The summed E-state index contributed by atoms with van der Waals surface area (Å²) in [7, 11) is 3.71. The number of nitrogens with one attached hydrogen (secondary N) is 1. The van der Waals surface area contributed by atoms with E-state index in [4.69, 9.17) is 17.0 Å². The van der Waals surface area contributed by atoms with Gasteiger partial charge >= 0.3 is 0 Å². The van der Waals surface area contributed by atoms with E-state index in [1.807, 2.05) is 17.9 Å². The van der Waals surface area contributed by atoms with E-state index in [1.165, 1.54) is 11.3 Å². The number of hydrogen-bond donors (Lipinski definition) is 1. The zero-order valence-electron chi connectivity index (χ0n) is 13.8. The van der Waals surface area contributed by atoms with E-state index in [1.54, 1.807) is 7.11 Å². The van der Waals surface area contributed by atoms with Crippen LogP contribution in [0.1, 0.15) is 17.7 Å². The van der Waals surface area contributed by atoms with Gasteiger partial charge in [0.1, 0.15) is 0 Å². The molecule has 7 heteroatoms. The highest BCUT2D eigenvalue weighted by molar-refractivity contribution is 7.80. The Balaban J connectivity index is 1.71. The molecule has 0 aliphatic carbocycles. The number of hydrogen-bond acceptors (Lipinski definition) is 4. The summed E-state index contributed by atoms with van der Waals surface area (Å²) in [5.41, 5.74) is 2.56. The van der Waals surface area contributed by atoms with Gasteiger partial charge in [0.15, 0.2) is 5.11 Å². The molecule has 1 aliphatic heterocycles. The Hall–Kier alpha value is -1.18. The average molecular weight is 325 g/mol. The van der Waals surface area contributed by atoms with Gasteiger partial charge in [0, 0.05) is 71.3 Å². The van der Waals surface area contributed by atoms with Crippen molar-refractivity contribution in [1.29, 1.82) is 0 Å². The number of aromatic nitrogens is 2. The Kier molecular flexibility index (Phi) is 6.60. The maximum absolute atomic E-state index is 5.46. The fourth-order valence-electron chi connectivity index (χ4n) is 2.57. The molecule has 0 aromatic carbocycles. The maximum Gasteiger partial charge on any atom is 0.169 e. The number of ether oxygens (including phenoxy) is 1. The van der Waals surface area contributed by atoms with Crippen LogP contribution in [0.2, 0.25) is 0 Å². The summed E-state index contributed by atoms with van der Waals surface area (Å²) < 4.78 is 6.98. The molecule has 124 valence electrons. The minimum atomic E-state index is 0.772. The molecule has 1 N–H and O–H groups in total. The summed E-state index contributed by atoms with van der Waals surface area (Å²) in [6.45, 7) is 8.78. The monoisotopic (exact) mass is 325 g/mol. The third kappa shape index (κ3) is 4.66. The van der Waals surface area contributed by atoms with Gasteiger partial charge in [-0.05, 0) is 25.6 Å². The van der Waals surface area contributed by atoms with Crippen LogP contribution in [-0.4, -0.2) is 71.1 Å². The van der Waals surface area contributed by atoms with Crippen molar-refractivity contribution < 1.29 is 4.74 Å². The van der Waals surface area contributed by atoms with Crippen molar-refractivity contribution in [3.63, 3.8) is 0 Å². The van der Waals surface area contributed by atoms with E-state index in [9.17, 15) is 0 Å². The van der Waals surface area contributed by atoms with Crippen LogP contribution in [0.5, 0.6) is 0 Å². The molecule has 0 spiro atoms. The van der Waals surface area contributed by atoms with Gasteiger partial charge in [0.25, 0.3) is 0 Å². The van der Waals surface area contributed by atoms with Crippen molar-refractivity contribution in [2.75, 3.05) is 46.4 Å². The summed E-state index contributed by atoms with van der Waals surface area (Å²) in [6.07, 6.45) is 2.96. The highest BCUT2D eigenvalue weighted by atomic mass is 32.1. The van der Waals surface area contributed by atoms with E-state index in [-0.39, 0.29) is 0 Å². The molecule has 0 saturated carbocycles. The van der Waals surface area contributed by atoms with Crippen molar-refractivity contribution in [3.05, 3.63) is 17.5 Å². The fraction of sp³-hybridized carbons (Fsp3) is 0.733. The zero-order chi connectivity index (χ0) is 15.9. The molecule has 2 rings (SSSR count). The van der Waals surface area contributed by atoms with Gasteiger partial charge in [-0.2, -0.15) is 5.10 Å². The van der Waals surface area contributed by atoms with Gasteiger partial charge in [0.2, 0.25) is 0 Å². The van der Waals surface area contributed by atoms with Gasteiger partial charge in [-0.25, -0.2) is 0 Å². The standard InChI is InChI=1S/C15H27N5OS/c1-13-14(11-17-18(13)2)12-19-6-8-20(9-7-19)15(22)16-5-4-10-21-3/h11H,4-10,12H2,1-3H3,(H,16,22). The van der Waals surface area contributed by atoms with Crippen molar-refractivity contribution in [1.82, 2.24) is 24.9 Å². The molecule has 1 aromatic heterocycles. The predicted molar refractivity (Wildman–Crippen MR) is 91.9 cm³/mol. The number of piperazine rings is 1. The van der Waals surface area contributed by atoms with Crippen LogP contribution >= 0.6 is 12.2 Å². The van der Waals surface area contributed by atoms with Crippen LogP contribution in [0.3, 0.4) is 0 Å². The topological polar surface area (TPSA) is 45.6 Å². The second kappa shape index (κ2) is 8.45. The predicted octanol–water partition coefficient (Wildman–Crippen LogP) is 0.757. The maximum atomic E-state index is 5.46. The summed E-state index contributed by atoms with van der Waals surface area (Å²) in [5, 5.41) is 8.49. The third-order valence-electron chi connectivity index (χ3n) is 4.19. The molecule has 0 radical (unpaired) electrons. The Morgan fingerprint density at radius 3 is 2.68 bits per heavy atom. The first kappa shape index (κ1) is 17.2. The molecule has 1 saturated heterocycles. The van der Waals surface area contributed by atoms with Crippen molar-refractivity contribution >= 4 is 17.3 Å². The third-order valence-corrected chi connectivity index (χ3v) is 4.59. The van der Waals surface area contributed by atoms with E-state index >= 15 is 0 Å². The second-order valence-corrected chi connectivity index (χ2v) is 6.11. The number of nitrogens with zero attached hydrogens (tertiary/aromatic N) is 4. The lowest BCUT2D eigenvalue weighted by Crippen LogP contribution is -2.51. The number of methoxy groups -OCH3 is 1. The Bertz CT molecular complexity index is 482. The minimum Gasteiger partial charge on any atom is -0.385 e. The van der Waals surface area contributed by atoms with Crippen LogP contribution in [0, 0.1) is 6.92 Å². The Morgan fingerprint density at radius 1 is 1.36 bits per heavy atom. The summed E-state index contributed by atoms with van der Waals surface area (Å²) in [4.78, 5) is 4.72. The first-order valence-corrected chi connectivity index (χ1v) is 8.24. The quantitative estimate of drug-likeness (QED) is 0.615. The fourth-order valence-corrected chi connectivity index (χ4v) is 2.86. The minimum absolute atomic E-state index is 0.772. The van der Waals surface area contributed by atoms with E-state index in [0.29, 0.717) is 0 Å². The molecule has 2 heterocycles. The molecule has 0 atom stereocenters. The van der Waals surface area contributed by atoms with Crippen molar-refractivity contribution in [3.8, 4) is 0 Å². The second-order valence-electron chi connectivity index (χ2n) is 5.72. The molecule has 0 bridgehead atoms. The number of aryl methyl sites for hydroxylation is 1. The summed E-state index contributed by atoms with van der Waals surface area (Å²) in [5.74, 6) is 0. The first-order chi connectivity index (χ1) is 10.6. The SMILES string of the molecule is COCCCNC(=S)N1CCN(Cc2cnn(C)c2C)CC1. The Labute approximate surface area is 138 Å². The Morgan fingerprint density at radius 2 is 2.09 bits per heavy atom. The molecular formula is C15H27N5OS. The molecule has 0 amide bonds. The van der Waals surface area contributed by atoms with Crippen LogP contribution in [0.4, 0.5) is 0 Å².